The predicted molar refractivity (Wildman–Crippen MR) is 54.8 cm³/mol. The fourth-order valence-electron chi connectivity index (χ4n) is 1.03. The lowest BCUT2D eigenvalue weighted by Crippen LogP contribution is -2.27. The van der Waals surface area contributed by atoms with Crippen LogP contribution in [0.1, 0.15) is 0 Å². The van der Waals surface area contributed by atoms with Crippen molar-refractivity contribution in [2.45, 2.75) is 0 Å². The van der Waals surface area contributed by atoms with Gasteiger partial charge in [0.05, 0.1) is 19.0 Å². The first-order valence-electron chi connectivity index (χ1n) is 3.09. The Bertz CT molecular complexity index is 244. The molecule has 0 radical (unpaired) electrons. The smallest absolute Gasteiger partial charge is 0.147 e. The molecule has 2 heterocycles. The molecule has 0 amide bonds. The summed E-state index contributed by atoms with van der Waals surface area (Å²) in [5, 5.41) is 0. The van der Waals surface area contributed by atoms with Gasteiger partial charge in [0, 0.05) is 6.54 Å². The summed E-state index contributed by atoms with van der Waals surface area (Å²) in [6, 6.07) is 0. The van der Waals surface area contributed by atoms with Crippen molar-refractivity contribution in [3.8, 4) is 0 Å². The first-order chi connectivity index (χ1) is 4.88. The minimum Gasteiger partial charge on any atom is -0.316 e. The largest absolute Gasteiger partial charge is 0.316 e. The predicted octanol–water partition coefficient (Wildman–Crippen LogP) is 1.56. The highest BCUT2D eigenvalue weighted by molar-refractivity contribution is 9.11. The molecule has 0 bridgehead atoms. The van der Waals surface area contributed by atoms with Crippen LogP contribution < -0.4 is 0 Å². The fraction of sp³-hybridized carbons (Fsp3) is 0.333. The highest BCUT2D eigenvalue weighted by Gasteiger charge is 2.19. The summed E-state index contributed by atoms with van der Waals surface area (Å²) >= 11 is 3.39. The first-order valence-corrected chi connectivity index (χ1v) is 3.88. The summed E-state index contributed by atoms with van der Waals surface area (Å²) in [5.41, 5.74) is 0. The minimum atomic E-state index is 0. The molecule has 2 aliphatic rings. The van der Waals surface area contributed by atoms with Crippen LogP contribution in [0.2, 0.25) is 0 Å². The van der Waals surface area contributed by atoms with Gasteiger partial charge in [-0.15, -0.1) is 17.0 Å². The number of hydrogen-bond donors (Lipinski definition) is 0. The van der Waals surface area contributed by atoms with Gasteiger partial charge in [0.25, 0.3) is 0 Å². The summed E-state index contributed by atoms with van der Waals surface area (Å²) in [5.74, 6) is 0.967. The van der Waals surface area contributed by atoms with E-state index >= 15 is 0 Å². The normalized spacial score (nSPS) is 20.3. The van der Waals surface area contributed by atoms with Crippen molar-refractivity contribution in [1.29, 1.82) is 0 Å². The molecule has 11 heavy (non-hydrogen) atoms. The number of halogens is 2. The van der Waals surface area contributed by atoms with Gasteiger partial charge in [0.15, 0.2) is 0 Å². The van der Waals surface area contributed by atoms with E-state index in [1.165, 1.54) is 0 Å². The Hall–Kier alpha value is -0.160. The van der Waals surface area contributed by atoms with Crippen molar-refractivity contribution in [1.82, 2.24) is 4.90 Å². The van der Waals surface area contributed by atoms with E-state index in [1.54, 1.807) is 12.4 Å². The molecule has 0 N–H and O–H groups in total. The molecule has 0 atom stereocenters. The van der Waals surface area contributed by atoms with Crippen molar-refractivity contribution < 1.29 is 0 Å². The van der Waals surface area contributed by atoms with Crippen LogP contribution in [0.25, 0.3) is 0 Å². The van der Waals surface area contributed by atoms with E-state index in [0.717, 1.165) is 23.5 Å². The Morgan fingerprint density at radius 2 is 2.36 bits per heavy atom. The molecule has 0 aromatic rings. The van der Waals surface area contributed by atoms with Crippen LogP contribution in [0, 0.1) is 0 Å². The fourth-order valence-corrected chi connectivity index (χ4v) is 1.50. The number of hydrogen-bond acceptors (Lipinski definition) is 3. The maximum Gasteiger partial charge on any atom is 0.147 e. The van der Waals surface area contributed by atoms with Gasteiger partial charge in [-0.1, -0.05) is 0 Å². The molecule has 0 spiro atoms. The lowest BCUT2D eigenvalue weighted by atomic mass is 10.5. The average Bonchev–Trinajstić information content (AvgIpc) is 2.36. The van der Waals surface area contributed by atoms with E-state index in [-0.39, 0.29) is 17.0 Å². The SMILES string of the molecule is Br.BrC1=CN=CC2=NCCN12. The molecular formula is C6H7Br2N3. The van der Waals surface area contributed by atoms with Crippen LogP contribution >= 0.6 is 32.9 Å². The highest BCUT2D eigenvalue weighted by atomic mass is 79.9. The summed E-state index contributed by atoms with van der Waals surface area (Å²) in [7, 11) is 0. The number of amidine groups is 1. The monoisotopic (exact) mass is 279 g/mol. The Morgan fingerprint density at radius 3 is 3.09 bits per heavy atom. The molecule has 2 aliphatic heterocycles. The second kappa shape index (κ2) is 3.49. The van der Waals surface area contributed by atoms with Gasteiger partial charge < -0.3 is 4.90 Å². The van der Waals surface area contributed by atoms with E-state index in [2.05, 4.69) is 30.8 Å². The first kappa shape index (κ1) is 8.93. The number of nitrogens with zero attached hydrogens (tertiary/aromatic N) is 3. The van der Waals surface area contributed by atoms with E-state index in [4.69, 9.17) is 0 Å². The molecule has 5 heteroatoms. The highest BCUT2D eigenvalue weighted by Crippen LogP contribution is 2.18. The third-order valence-corrected chi connectivity index (χ3v) is 2.14. The lowest BCUT2D eigenvalue weighted by Gasteiger charge is -2.18. The van der Waals surface area contributed by atoms with Crippen LogP contribution in [0.5, 0.6) is 0 Å². The second-order valence-electron chi connectivity index (χ2n) is 2.12. The van der Waals surface area contributed by atoms with Crippen LogP contribution in [-0.2, 0) is 0 Å². The van der Waals surface area contributed by atoms with Crippen molar-refractivity contribution >= 4 is 45.0 Å². The second-order valence-corrected chi connectivity index (χ2v) is 2.93. The molecule has 60 valence electrons. The maximum absolute atomic E-state index is 4.23. The summed E-state index contributed by atoms with van der Waals surface area (Å²) in [6.07, 6.45) is 3.56. The molecule has 0 aromatic carbocycles. The van der Waals surface area contributed by atoms with Gasteiger partial charge in [-0.25, -0.2) is 0 Å². The zero-order valence-electron chi connectivity index (χ0n) is 5.70. The zero-order valence-corrected chi connectivity index (χ0v) is 9.00. The average molecular weight is 281 g/mol. The minimum absolute atomic E-state index is 0. The molecule has 0 unspecified atom stereocenters. The zero-order chi connectivity index (χ0) is 6.97. The van der Waals surface area contributed by atoms with Gasteiger partial charge in [-0.2, -0.15) is 0 Å². The van der Waals surface area contributed by atoms with Crippen LogP contribution in [0.3, 0.4) is 0 Å². The van der Waals surface area contributed by atoms with E-state index in [0.29, 0.717) is 0 Å². The maximum atomic E-state index is 4.23. The van der Waals surface area contributed by atoms with E-state index in [1.807, 2.05) is 0 Å². The summed E-state index contributed by atoms with van der Waals surface area (Å²) < 4.78 is 1.01. The molecule has 0 aromatic heterocycles. The van der Waals surface area contributed by atoms with Gasteiger partial charge >= 0.3 is 0 Å². The number of aliphatic imine (C=N–C) groups is 2. The molecule has 0 aliphatic carbocycles. The van der Waals surface area contributed by atoms with Crippen molar-refractivity contribution in [3.05, 3.63) is 10.8 Å². The van der Waals surface area contributed by atoms with Crippen molar-refractivity contribution in [3.63, 3.8) is 0 Å². The summed E-state index contributed by atoms with van der Waals surface area (Å²) in [6.45, 7) is 1.85. The topological polar surface area (TPSA) is 28.0 Å². The third kappa shape index (κ3) is 1.54. The summed E-state index contributed by atoms with van der Waals surface area (Å²) in [4.78, 5) is 10.3. The number of rotatable bonds is 0. The number of fused-ring (bicyclic) bond motifs is 1. The van der Waals surface area contributed by atoms with E-state index < -0.39 is 0 Å². The quantitative estimate of drug-likeness (QED) is 0.619. The van der Waals surface area contributed by atoms with Crippen LogP contribution in [-0.4, -0.2) is 30.0 Å². The van der Waals surface area contributed by atoms with Crippen molar-refractivity contribution in [2.24, 2.45) is 9.98 Å². The van der Waals surface area contributed by atoms with Crippen molar-refractivity contribution in [2.75, 3.05) is 13.1 Å². The molecule has 0 fully saturated rings. The van der Waals surface area contributed by atoms with Gasteiger partial charge in [0.2, 0.25) is 0 Å². The Morgan fingerprint density at radius 1 is 1.55 bits per heavy atom. The molecule has 2 rings (SSSR count). The van der Waals surface area contributed by atoms with Crippen LogP contribution in [0.15, 0.2) is 20.8 Å². The van der Waals surface area contributed by atoms with Gasteiger partial charge in [-0.3, -0.25) is 9.98 Å². The molecule has 0 saturated heterocycles. The van der Waals surface area contributed by atoms with Gasteiger partial charge in [0.1, 0.15) is 10.4 Å². The lowest BCUT2D eigenvalue weighted by molar-refractivity contribution is 0.603. The van der Waals surface area contributed by atoms with Gasteiger partial charge in [-0.05, 0) is 15.9 Å². The third-order valence-electron chi connectivity index (χ3n) is 1.50. The molecular weight excluding hydrogens is 274 g/mol. The Labute approximate surface area is 83.8 Å². The molecule has 3 nitrogen and oxygen atoms in total. The standard InChI is InChI=1S/C6H6BrN3.BrH/c7-5-3-8-4-6-9-1-2-10(5)6;/h3-4H,1-2H2;1H. The van der Waals surface area contributed by atoms with Crippen LogP contribution in [0.4, 0.5) is 0 Å². The Kier molecular flexibility index (Phi) is 2.84. The molecule has 0 saturated carbocycles. The van der Waals surface area contributed by atoms with E-state index in [9.17, 15) is 0 Å². The Balaban J connectivity index is 0.000000605.